The summed E-state index contributed by atoms with van der Waals surface area (Å²) >= 11 is 0. The maximum atomic E-state index is 13.0. The van der Waals surface area contributed by atoms with Crippen LogP contribution in [0, 0.1) is 0 Å². The number of benzene rings is 2. The molecule has 0 saturated heterocycles. The Morgan fingerprint density at radius 1 is 0.794 bits per heavy atom. The van der Waals surface area contributed by atoms with E-state index in [4.69, 9.17) is 0 Å². The Morgan fingerprint density at radius 2 is 1.26 bits per heavy atom. The van der Waals surface area contributed by atoms with Crippen LogP contribution in [0.3, 0.4) is 0 Å². The predicted octanol–water partition coefficient (Wildman–Crippen LogP) is 3.54. The second kappa shape index (κ2) is 9.41. The molecule has 0 atom stereocenters. The summed E-state index contributed by atoms with van der Waals surface area (Å²) in [7, 11) is 1.17. The molecule has 0 fully saturated rings. The maximum Gasteiger partial charge on any atom is 0.416 e. The van der Waals surface area contributed by atoms with Gasteiger partial charge >= 0.3 is 18.3 Å². The van der Waals surface area contributed by atoms with Crippen molar-refractivity contribution in [2.45, 2.75) is 12.4 Å². The van der Waals surface area contributed by atoms with Crippen molar-refractivity contribution in [3.63, 3.8) is 0 Å². The van der Waals surface area contributed by atoms with E-state index in [9.17, 15) is 35.9 Å². The lowest BCUT2D eigenvalue weighted by Crippen LogP contribution is -2.30. The third kappa shape index (κ3) is 5.82. The first-order chi connectivity index (χ1) is 15.9. The van der Waals surface area contributed by atoms with Crippen LogP contribution in [0.15, 0.2) is 42.5 Å². The number of alkyl halides is 6. The third-order valence-electron chi connectivity index (χ3n) is 4.35. The summed E-state index contributed by atoms with van der Waals surface area (Å²) in [6, 6.07) is 6.50. The third-order valence-corrected chi connectivity index (χ3v) is 4.35. The summed E-state index contributed by atoms with van der Waals surface area (Å²) in [5, 5.41) is 16.9. The number of esters is 1. The van der Waals surface area contributed by atoms with Gasteiger partial charge in [0.15, 0.2) is 0 Å². The van der Waals surface area contributed by atoms with Crippen molar-refractivity contribution in [3.8, 4) is 22.8 Å². The molecule has 1 amide bonds. The smallest absolute Gasteiger partial charge is 0.416 e. The second-order valence-electron chi connectivity index (χ2n) is 6.68. The highest BCUT2D eigenvalue weighted by molar-refractivity contribution is 5.96. The van der Waals surface area contributed by atoms with Crippen LogP contribution in [-0.2, 0) is 21.9 Å². The van der Waals surface area contributed by atoms with Crippen molar-refractivity contribution in [2.75, 3.05) is 13.7 Å². The van der Waals surface area contributed by atoms with E-state index in [1.165, 1.54) is 31.4 Å². The number of aromatic nitrogens is 4. The van der Waals surface area contributed by atoms with Gasteiger partial charge in [-0.05, 0) is 30.3 Å². The van der Waals surface area contributed by atoms with Gasteiger partial charge in [0.05, 0.1) is 18.2 Å². The van der Waals surface area contributed by atoms with Crippen LogP contribution in [0.4, 0.5) is 26.3 Å². The Labute approximate surface area is 187 Å². The fourth-order valence-corrected chi connectivity index (χ4v) is 2.64. The molecule has 14 heteroatoms. The van der Waals surface area contributed by atoms with Gasteiger partial charge in [0.1, 0.15) is 6.54 Å². The van der Waals surface area contributed by atoms with Gasteiger partial charge in [-0.25, -0.2) is 0 Å². The highest BCUT2D eigenvalue weighted by atomic mass is 19.4. The molecule has 0 spiro atoms. The molecule has 1 aromatic heterocycles. The number of methoxy groups -OCH3 is 1. The highest BCUT2D eigenvalue weighted by Crippen LogP contribution is 2.37. The van der Waals surface area contributed by atoms with Gasteiger partial charge in [-0.2, -0.15) is 26.3 Å². The zero-order chi connectivity index (χ0) is 25.1. The number of carbonyl (C=O) groups excluding carboxylic acids is 2. The second-order valence-corrected chi connectivity index (χ2v) is 6.68. The summed E-state index contributed by atoms with van der Waals surface area (Å²) in [6.45, 7) is -0.332. The summed E-state index contributed by atoms with van der Waals surface area (Å²) < 4.78 is 82.7. The number of carbonyl (C=O) groups is 2. The van der Waals surface area contributed by atoms with Crippen molar-refractivity contribution in [1.82, 2.24) is 25.7 Å². The van der Waals surface area contributed by atoms with Crippen molar-refractivity contribution >= 4 is 11.9 Å². The van der Waals surface area contributed by atoms with Crippen LogP contribution >= 0.6 is 0 Å². The monoisotopic (exact) mass is 485 g/mol. The van der Waals surface area contributed by atoms with E-state index in [-0.39, 0.29) is 24.0 Å². The molecule has 1 N–H and O–H groups in total. The zero-order valence-electron chi connectivity index (χ0n) is 17.0. The van der Waals surface area contributed by atoms with E-state index in [0.717, 1.165) is 0 Å². The van der Waals surface area contributed by atoms with E-state index in [1.807, 2.05) is 0 Å². The van der Waals surface area contributed by atoms with E-state index in [2.05, 4.69) is 30.4 Å². The normalized spacial score (nSPS) is 11.7. The molecular formula is C20H13F6N5O3. The molecular weight excluding hydrogens is 472 g/mol. The lowest BCUT2D eigenvalue weighted by molar-refractivity contribution is -0.143. The highest BCUT2D eigenvalue weighted by Gasteiger charge is 2.37. The molecule has 0 bridgehead atoms. The van der Waals surface area contributed by atoms with Crippen molar-refractivity contribution in [3.05, 3.63) is 59.2 Å². The van der Waals surface area contributed by atoms with Gasteiger partial charge in [-0.15, -0.1) is 20.4 Å². The molecule has 0 unspecified atom stereocenters. The number of hydrogen-bond acceptors (Lipinski definition) is 7. The molecule has 0 aliphatic carbocycles. The van der Waals surface area contributed by atoms with Gasteiger partial charge in [-0.3, -0.25) is 9.59 Å². The molecule has 2 aromatic carbocycles. The molecule has 0 aliphatic rings. The number of nitrogens with zero attached hydrogens (tertiary/aromatic N) is 4. The van der Waals surface area contributed by atoms with Gasteiger partial charge in [0.2, 0.25) is 11.6 Å². The molecule has 1 heterocycles. The SMILES string of the molecule is COC(=O)CNC(=O)c1ccc(-c2nnc(-c3cc(C(F)(F)F)cc(C(F)(F)F)c3)nn2)cc1. The summed E-state index contributed by atoms with van der Waals surface area (Å²) in [6.07, 6.45) is -10.1. The van der Waals surface area contributed by atoms with Gasteiger partial charge in [0, 0.05) is 16.7 Å². The number of nitrogens with one attached hydrogen (secondary N) is 1. The summed E-state index contributed by atoms with van der Waals surface area (Å²) in [5.41, 5.74) is -3.10. The first kappa shape index (κ1) is 24.5. The zero-order valence-corrected chi connectivity index (χ0v) is 17.0. The lowest BCUT2D eigenvalue weighted by atomic mass is 10.0. The Morgan fingerprint density at radius 3 is 1.71 bits per heavy atom. The van der Waals surface area contributed by atoms with Crippen LogP contribution in [0.25, 0.3) is 22.8 Å². The number of rotatable bonds is 5. The molecule has 0 saturated carbocycles. The number of hydrogen-bond donors (Lipinski definition) is 1. The largest absolute Gasteiger partial charge is 0.468 e. The van der Waals surface area contributed by atoms with Crippen molar-refractivity contribution in [1.29, 1.82) is 0 Å². The fourth-order valence-electron chi connectivity index (χ4n) is 2.64. The Balaban J connectivity index is 1.84. The summed E-state index contributed by atoms with van der Waals surface area (Å²) in [5.74, 6) is -1.83. The predicted molar refractivity (Wildman–Crippen MR) is 103 cm³/mol. The number of ether oxygens (including phenoxy) is 1. The lowest BCUT2D eigenvalue weighted by Gasteiger charge is -2.13. The molecule has 8 nitrogen and oxygen atoms in total. The maximum absolute atomic E-state index is 13.0. The van der Waals surface area contributed by atoms with Crippen molar-refractivity contribution in [2.24, 2.45) is 0 Å². The minimum atomic E-state index is -5.03. The standard InChI is InChI=1S/C20H13F6N5O3/c1-34-15(32)9-27-18(33)11-4-2-10(3-5-11)16-28-30-17(31-29-16)12-6-13(19(21,22)23)8-14(7-12)20(24,25)26/h2-8H,9H2,1H3,(H,27,33). The van der Waals surface area contributed by atoms with E-state index in [1.54, 1.807) is 0 Å². The van der Waals surface area contributed by atoms with Crippen LogP contribution in [0.1, 0.15) is 21.5 Å². The average Bonchev–Trinajstić information content (AvgIpc) is 2.81. The first-order valence-electron chi connectivity index (χ1n) is 9.21. The van der Waals surface area contributed by atoms with E-state index in [0.29, 0.717) is 17.7 Å². The average molecular weight is 485 g/mol. The fraction of sp³-hybridized carbons (Fsp3) is 0.200. The van der Waals surface area contributed by atoms with Gasteiger partial charge in [0.25, 0.3) is 5.91 Å². The Bertz CT molecular complexity index is 1160. The number of halogens is 6. The molecule has 3 aromatic rings. The Kier molecular flexibility index (Phi) is 6.79. The van der Waals surface area contributed by atoms with E-state index >= 15 is 0 Å². The topological polar surface area (TPSA) is 107 Å². The molecule has 0 radical (unpaired) electrons. The van der Waals surface area contributed by atoms with Gasteiger partial charge in [-0.1, -0.05) is 12.1 Å². The van der Waals surface area contributed by atoms with Crippen LogP contribution in [-0.4, -0.2) is 45.9 Å². The minimum absolute atomic E-state index is 0.0123. The van der Waals surface area contributed by atoms with Crippen LogP contribution in [0.5, 0.6) is 0 Å². The first-order valence-corrected chi connectivity index (χ1v) is 9.21. The van der Waals surface area contributed by atoms with Crippen LogP contribution < -0.4 is 5.32 Å². The minimum Gasteiger partial charge on any atom is -0.468 e. The quantitative estimate of drug-likeness (QED) is 0.435. The number of amides is 1. The molecule has 34 heavy (non-hydrogen) atoms. The molecule has 3 rings (SSSR count). The van der Waals surface area contributed by atoms with Crippen molar-refractivity contribution < 1.29 is 40.7 Å². The molecule has 0 aliphatic heterocycles. The van der Waals surface area contributed by atoms with E-state index < -0.39 is 46.7 Å². The summed E-state index contributed by atoms with van der Waals surface area (Å²) in [4.78, 5) is 23.0. The van der Waals surface area contributed by atoms with Crippen LogP contribution in [0.2, 0.25) is 0 Å². The molecule has 178 valence electrons. The van der Waals surface area contributed by atoms with Gasteiger partial charge < -0.3 is 10.1 Å². The Hall–Kier alpha value is -4.10.